The van der Waals surface area contributed by atoms with Crippen LogP contribution in [0, 0.1) is 0 Å². The Hall–Kier alpha value is 1.05. The van der Waals surface area contributed by atoms with Gasteiger partial charge in [-0.3, -0.25) is 0 Å². The molecule has 62 valence electrons. The zero-order chi connectivity index (χ0) is 7.70. The molecule has 5 heteroatoms. The van der Waals surface area contributed by atoms with E-state index in [-0.39, 0.29) is 0 Å². The summed E-state index contributed by atoms with van der Waals surface area (Å²) in [5, 5.41) is 1.94. The Morgan fingerprint density at radius 2 is 1.11 bits per heavy atom. The van der Waals surface area contributed by atoms with Crippen molar-refractivity contribution in [2.75, 3.05) is 21.3 Å². The summed E-state index contributed by atoms with van der Waals surface area (Å²) < 4.78 is 14.0. The quantitative estimate of drug-likeness (QED) is 0.580. The molecule has 0 aromatic carbocycles. The predicted octanol–water partition coefficient (Wildman–Crippen LogP) is 1.73. The topological polar surface area (TPSA) is 27.7 Å². The zero-order valence-electron chi connectivity index (χ0n) is 5.97. The van der Waals surface area contributed by atoms with E-state index in [2.05, 4.69) is 34.6 Å². The second-order valence-corrected chi connectivity index (χ2v) is 2.31. The third-order valence-electron chi connectivity index (χ3n) is 0.447. The van der Waals surface area contributed by atoms with Crippen LogP contribution in [0.1, 0.15) is 0 Å². The van der Waals surface area contributed by atoms with Gasteiger partial charge in [-0.1, -0.05) is 0 Å². The summed E-state index contributed by atoms with van der Waals surface area (Å²) in [5.41, 5.74) is 0. The first-order valence-electron chi connectivity index (χ1n) is 2.07. The molecule has 0 saturated heterocycles. The molecule has 9 heavy (non-hydrogen) atoms. The Morgan fingerprint density at radius 1 is 0.889 bits per heavy atom. The Balaban J connectivity index is 0. The molecular formula is C4H12AuO3P. The van der Waals surface area contributed by atoms with E-state index in [1.807, 2.05) is 5.14 Å². The third kappa shape index (κ3) is 9.05. The summed E-state index contributed by atoms with van der Waals surface area (Å²) >= 11 is 2.28. The van der Waals surface area contributed by atoms with Gasteiger partial charge in [0.1, 0.15) is 0 Å². The minimum atomic E-state index is -1.05. The van der Waals surface area contributed by atoms with E-state index in [0.29, 0.717) is 0 Å². The van der Waals surface area contributed by atoms with Crippen molar-refractivity contribution in [3.63, 3.8) is 0 Å². The molecule has 0 aromatic heterocycles. The molecule has 0 saturated carbocycles. The Morgan fingerprint density at radius 3 is 1.11 bits per heavy atom. The van der Waals surface area contributed by atoms with E-state index in [1.165, 1.54) is 0 Å². The van der Waals surface area contributed by atoms with Crippen LogP contribution >= 0.6 is 8.60 Å². The van der Waals surface area contributed by atoms with Crippen LogP contribution in [-0.2, 0) is 34.6 Å². The minimum absolute atomic E-state index is 1.05. The zero-order valence-corrected chi connectivity index (χ0v) is 9.03. The number of hydrogen-bond acceptors (Lipinski definition) is 3. The predicted molar refractivity (Wildman–Crippen MR) is 33.8 cm³/mol. The van der Waals surface area contributed by atoms with E-state index < -0.39 is 8.60 Å². The molecular weight excluding hydrogens is 324 g/mol. The van der Waals surface area contributed by atoms with Gasteiger partial charge >= 0.3 is 34.8 Å². The SMILES string of the molecule is COP(OC)OC.[CH3][Au]. The van der Waals surface area contributed by atoms with Crippen LogP contribution in [0.5, 0.6) is 0 Å². The summed E-state index contributed by atoms with van der Waals surface area (Å²) in [7, 11) is 3.57. The van der Waals surface area contributed by atoms with Crippen molar-refractivity contribution in [1.29, 1.82) is 0 Å². The van der Waals surface area contributed by atoms with Gasteiger partial charge in [0.2, 0.25) is 0 Å². The first-order chi connectivity index (χ1) is 4.35. The average Bonchev–Trinajstić information content (AvgIpc) is 1.96. The molecule has 0 aliphatic heterocycles. The van der Waals surface area contributed by atoms with Gasteiger partial charge in [-0.2, -0.15) is 0 Å². The molecule has 0 fully saturated rings. The Bertz CT molecular complexity index is 37.3. The fraction of sp³-hybridized carbons (Fsp3) is 1.00. The van der Waals surface area contributed by atoms with E-state index in [4.69, 9.17) is 0 Å². The number of hydrogen-bond donors (Lipinski definition) is 0. The van der Waals surface area contributed by atoms with Gasteiger partial charge in [-0.25, -0.2) is 0 Å². The normalized spacial score (nSPS) is 8.78. The molecule has 0 spiro atoms. The fourth-order valence-corrected chi connectivity index (χ4v) is 0.671. The molecule has 0 aliphatic carbocycles. The molecule has 0 rings (SSSR count). The molecule has 0 unspecified atom stereocenters. The maximum absolute atomic E-state index is 4.67. The summed E-state index contributed by atoms with van der Waals surface area (Å²) in [6.45, 7) is 0. The van der Waals surface area contributed by atoms with Gasteiger partial charge in [0, 0.05) is 21.3 Å². The van der Waals surface area contributed by atoms with Crippen LogP contribution in [0.15, 0.2) is 0 Å². The number of rotatable bonds is 3. The molecule has 0 atom stereocenters. The first kappa shape index (κ1) is 12.7. The molecule has 0 amide bonds. The standard InChI is InChI=1S/C3H9O3P.CH3.Au/c1-4-7(5-2)6-3;;/h1-3H3;1H3;. The fourth-order valence-electron chi connectivity index (χ4n) is 0.224. The molecule has 0 aromatic rings. The van der Waals surface area contributed by atoms with Gasteiger partial charge in [0.25, 0.3) is 0 Å². The first-order valence-corrected chi connectivity index (χ1v) is 5.34. The molecule has 0 N–H and O–H groups in total. The monoisotopic (exact) mass is 336 g/mol. The summed E-state index contributed by atoms with van der Waals surface area (Å²) in [5.74, 6) is 0. The van der Waals surface area contributed by atoms with Gasteiger partial charge in [-0.05, 0) is 0 Å². The van der Waals surface area contributed by atoms with E-state index in [0.717, 1.165) is 0 Å². The summed E-state index contributed by atoms with van der Waals surface area (Å²) in [4.78, 5) is 0. The second-order valence-electron chi connectivity index (χ2n) is 0.771. The van der Waals surface area contributed by atoms with Crippen LogP contribution in [0.2, 0.25) is 5.14 Å². The third-order valence-corrected chi connectivity index (χ3v) is 1.34. The maximum atomic E-state index is 4.67. The summed E-state index contributed by atoms with van der Waals surface area (Å²) in [6.07, 6.45) is 0. The van der Waals surface area contributed by atoms with Crippen molar-refractivity contribution < 1.29 is 34.6 Å². The van der Waals surface area contributed by atoms with Crippen LogP contribution in [0.4, 0.5) is 0 Å². The van der Waals surface area contributed by atoms with E-state index >= 15 is 0 Å². The molecule has 0 bridgehead atoms. The van der Waals surface area contributed by atoms with Gasteiger partial charge in [0.15, 0.2) is 0 Å². The van der Waals surface area contributed by atoms with Gasteiger partial charge in [-0.15, -0.1) is 0 Å². The van der Waals surface area contributed by atoms with E-state index in [9.17, 15) is 0 Å². The molecule has 0 heterocycles. The van der Waals surface area contributed by atoms with Crippen molar-refractivity contribution in [3.05, 3.63) is 0 Å². The Kier molecular flexibility index (Phi) is 16.7. The van der Waals surface area contributed by atoms with Crippen molar-refractivity contribution >= 4 is 8.60 Å². The van der Waals surface area contributed by atoms with Crippen molar-refractivity contribution in [2.45, 2.75) is 5.14 Å². The molecule has 0 radical (unpaired) electrons. The van der Waals surface area contributed by atoms with Gasteiger partial charge < -0.3 is 13.6 Å². The van der Waals surface area contributed by atoms with Crippen molar-refractivity contribution in [3.8, 4) is 0 Å². The summed E-state index contributed by atoms with van der Waals surface area (Å²) in [6, 6.07) is 0. The molecule has 3 nitrogen and oxygen atoms in total. The van der Waals surface area contributed by atoms with Crippen LogP contribution in [0.3, 0.4) is 0 Å². The van der Waals surface area contributed by atoms with Crippen molar-refractivity contribution in [1.82, 2.24) is 0 Å². The average molecular weight is 336 g/mol. The van der Waals surface area contributed by atoms with Crippen LogP contribution in [0.25, 0.3) is 0 Å². The second kappa shape index (κ2) is 11.8. The Labute approximate surface area is 70.0 Å². The van der Waals surface area contributed by atoms with Gasteiger partial charge in [0.05, 0.1) is 0 Å². The van der Waals surface area contributed by atoms with Crippen molar-refractivity contribution in [2.24, 2.45) is 0 Å². The van der Waals surface area contributed by atoms with Crippen LogP contribution < -0.4 is 0 Å². The van der Waals surface area contributed by atoms with E-state index in [1.54, 1.807) is 21.3 Å². The van der Waals surface area contributed by atoms with Crippen LogP contribution in [-0.4, -0.2) is 21.3 Å². The molecule has 0 aliphatic rings.